The normalized spacial score (nSPS) is 10.9. The molecule has 0 aliphatic carbocycles. The zero-order chi connectivity index (χ0) is 11.7. The van der Waals surface area contributed by atoms with Crippen molar-refractivity contribution in [3.63, 3.8) is 0 Å². The summed E-state index contributed by atoms with van der Waals surface area (Å²) < 4.78 is 1.94. The third-order valence-corrected chi connectivity index (χ3v) is 2.64. The van der Waals surface area contributed by atoms with Crippen molar-refractivity contribution in [3.05, 3.63) is 48.4 Å². The van der Waals surface area contributed by atoms with Crippen LogP contribution in [-0.2, 0) is 6.54 Å². The number of hydrogen-bond acceptors (Lipinski definition) is 4. The number of fused-ring (bicyclic) bond motifs is 1. The van der Waals surface area contributed by atoms with Gasteiger partial charge in [-0.3, -0.25) is 9.38 Å². The van der Waals surface area contributed by atoms with Gasteiger partial charge in [0.25, 0.3) is 0 Å². The van der Waals surface area contributed by atoms with Gasteiger partial charge in [-0.15, -0.1) is 10.2 Å². The van der Waals surface area contributed by atoms with E-state index in [4.69, 9.17) is 5.73 Å². The molecular weight excluding hydrogens is 214 g/mol. The van der Waals surface area contributed by atoms with Crippen molar-refractivity contribution in [3.8, 4) is 11.4 Å². The molecule has 0 spiro atoms. The minimum Gasteiger partial charge on any atom is -0.326 e. The summed E-state index contributed by atoms with van der Waals surface area (Å²) in [4.78, 5) is 3.99. The van der Waals surface area contributed by atoms with E-state index in [1.54, 1.807) is 12.4 Å². The van der Waals surface area contributed by atoms with Gasteiger partial charge in [-0.1, -0.05) is 6.07 Å². The van der Waals surface area contributed by atoms with Crippen LogP contribution in [0.25, 0.3) is 17.0 Å². The van der Waals surface area contributed by atoms with E-state index in [0.717, 1.165) is 22.6 Å². The molecule has 0 bridgehead atoms. The lowest BCUT2D eigenvalue weighted by Gasteiger charge is -2.01. The molecular formula is C12H11N5. The molecule has 5 heteroatoms. The van der Waals surface area contributed by atoms with E-state index in [0.29, 0.717) is 6.54 Å². The predicted molar refractivity (Wildman–Crippen MR) is 64.1 cm³/mol. The first-order valence-electron chi connectivity index (χ1n) is 5.32. The minimum absolute atomic E-state index is 0.504. The molecule has 0 aromatic carbocycles. The summed E-state index contributed by atoms with van der Waals surface area (Å²) in [5, 5.41) is 8.31. The Morgan fingerprint density at radius 2 is 1.88 bits per heavy atom. The summed E-state index contributed by atoms with van der Waals surface area (Å²) >= 11 is 0. The van der Waals surface area contributed by atoms with E-state index in [9.17, 15) is 0 Å². The van der Waals surface area contributed by atoms with Crippen molar-refractivity contribution in [1.29, 1.82) is 0 Å². The summed E-state index contributed by atoms with van der Waals surface area (Å²) in [5.41, 5.74) is 8.48. The van der Waals surface area contributed by atoms with Crippen LogP contribution < -0.4 is 5.73 Å². The van der Waals surface area contributed by atoms with Crippen LogP contribution in [0.2, 0.25) is 0 Å². The molecule has 0 aliphatic heterocycles. The second-order valence-electron chi connectivity index (χ2n) is 3.73. The lowest BCUT2D eigenvalue weighted by molar-refractivity contribution is 1.03. The van der Waals surface area contributed by atoms with Gasteiger partial charge < -0.3 is 5.73 Å². The summed E-state index contributed by atoms with van der Waals surface area (Å²) in [6.07, 6.45) is 5.44. The lowest BCUT2D eigenvalue weighted by atomic mass is 10.2. The number of nitrogens with two attached hydrogens (primary N) is 1. The summed E-state index contributed by atoms with van der Waals surface area (Å²) in [5.74, 6) is 0.803. The molecule has 0 atom stereocenters. The van der Waals surface area contributed by atoms with Crippen LogP contribution in [-0.4, -0.2) is 19.6 Å². The minimum atomic E-state index is 0.504. The Kier molecular flexibility index (Phi) is 2.31. The highest BCUT2D eigenvalue weighted by Gasteiger charge is 2.07. The summed E-state index contributed by atoms with van der Waals surface area (Å²) in [6, 6.07) is 7.69. The first kappa shape index (κ1) is 9.92. The van der Waals surface area contributed by atoms with Gasteiger partial charge >= 0.3 is 0 Å². The molecule has 3 heterocycles. The van der Waals surface area contributed by atoms with Gasteiger partial charge in [0.05, 0.1) is 0 Å². The Morgan fingerprint density at radius 3 is 2.65 bits per heavy atom. The molecule has 0 unspecified atom stereocenters. The maximum Gasteiger partial charge on any atom is 0.168 e. The van der Waals surface area contributed by atoms with Gasteiger partial charge in [-0.05, 0) is 23.8 Å². The van der Waals surface area contributed by atoms with Gasteiger partial charge in [0.1, 0.15) is 0 Å². The molecule has 0 saturated carbocycles. The molecule has 0 amide bonds. The molecule has 84 valence electrons. The highest BCUT2D eigenvalue weighted by atomic mass is 15.2. The monoisotopic (exact) mass is 225 g/mol. The van der Waals surface area contributed by atoms with E-state index in [1.807, 2.05) is 34.9 Å². The topological polar surface area (TPSA) is 69.1 Å². The van der Waals surface area contributed by atoms with Crippen LogP contribution in [0.1, 0.15) is 5.56 Å². The molecule has 0 saturated heterocycles. The van der Waals surface area contributed by atoms with Crippen LogP contribution >= 0.6 is 0 Å². The molecule has 0 radical (unpaired) electrons. The number of nitrogens with zero attached hydrogens (tertiary/aromatic N) is 4. The van der Waals surface area contributed by atoms with Gasteiger partial charge in [0.2, 0.25) is 0 Å². The van der Waals surface area contributed by atoms with Crippen molar-refractivity contribution in [1.82, 2.24) is 19.6 Å². The van der Waals surface area contributed by atoms with Gasteiger partial charge in [0.15, 0.2) is 11.5 Å². The van der Waals surface area contributed by atoms with Crippen molar-refractivity contribution in [2.75, 3.05) is 0 Å². The van der Waals surface area contributed by atoms with Gasteiger partial charge in [0, 0.05) is 30.7 Å². The van der Waals surface area contributed by atoms with E-state index in [2.05, 4.69) is 15.2 Å². The van der Waals surface area contributed by atoms with Crippen molar-refractivity contribution in [2.45, 2.75) is 6.54 Å². The summed E-state index contributed by atoms with van der Waals surface area (Å²) in [7, 11) is 0. The Hall–Kier alpha value is -2.27. The van der Waals surface area contributed by atoms with Crippen LogP contribution in [0.3, 0.4) is 0 Å². The Labute approximate surface area is 97.9 Å². The maximum absolute atomic E-state index is 5.63. The Bertz CT molecular complexity index is 644. The van der Waals surface area contributed by atoms with E-state index < -0.39 is 0 Å². The highest BCUT2D eigenvalue weighted by molar-refractivity contribution is 5.58. The number of pyridine rings is 2. The third-order valence-electron chi connectivity index (χ3n) is 2.64. The number of rotatable bonds is 2. The maximum atomic E-state index is 5.63. The molecule has 3 aromatic heterocycles. The standard InChI is InChI=1S/C12H11N5/c13-7-9-1-2-11-15-16-12(17(11)8-9)10-3-5-14-6-4-10/h1-6,8H,7,13H2. The number of aromatic nitrogens is 4. The molecule has 5 nitrogen and oxygen atoms in total. The van der Waals surface area contributed by atoms with Crippen molar-refractivity contribution < 1.29 is 0 Å². The van der Waals surface area contributed by atoms with E-state index >= 15 is 0 Å². The highest BCUT2D eigenvalue weighted by Crippen LogP contribution is 2.17. The van der Waals surface area contributed by atoms with Crippen LogP contribution in [0, 0.1) is 0 Å². The smallest absolute Gasteiger partial charge is 0.168 e. The number of hydrogen-bond donors (Lipinski definition) is 1. The first-order valence-corrected chi connectivity index (χ1v) is 5.32. The molecule has 0 aliphatic rings. The Morgan fingerprint density at radius 1 is 1.06 bits per heavy atom. The second kappa shape index (κ2) is 3.95. The van der Waals surface area contributed by atoms with Crippen LogP contribution in [0.4, 0.5) is 0 Å². The fourth-order valence-corrected chi connectivity index (χ4v) is 1.75. The fraction of sp³-hybridized carbons (Fsp3) is 0.0833. The van der Waals surface area contributed by atoms with E-state index in [-0.39, 0.29) is 0 Å². The first-order chi connectivity index (χ1) is 8.38. The third kappa shape index (κ3) is 1.66. The van der Waals surface area contributed by atoms with Gasteiger partial charge in [-0.25, -0.2) is 0 Å². The average molecular weight is 225 g/mol. The molecule has 3 rings (SSSR count). The second-order valence-corrected chi connectivity index (χ2v) is 3.73. The molecule has 2 N–H and O–H groups in total. The predicted octanol–water partition coefficient (Wildman–Crippen LogP) is 1.25. The zero-order valence-corrected chi connectivity index (χ0v) is 9.11. The quantitative estimate of drug-likeness (QED) is 0.712. The van der Waals surface area contributed by atoms with Gasteiger partial charge in [-0.2, -0.15) is 0 Å². The Balaban J connectivity index is 2.23. The molecule has 17 heavy (non-hydrogen) atoms. The van der Waals surface area contributed by atoms with Crippen molar-refractivity contribution >= 4 is 5.65 Å². The zero-order valence-electron chi connectivity index (χ0n) is 9.11. The fourth-order valence-electron chi connectivity index (χ4n) is 1.75. The summed E-state index contributed by atoms with van der Waals surface area (Å²) in [6.45, 7) is 0.504. The van der Waals surface area contributed by atoms with Crippen molar-refractivity contribution in [2.24, 2.45) is 5.73 Å². The SMILES string of the molecule is NCc1ccc2nnc(-c3ccncc3)n2c1. The lowest BCUT2D eigenvalue weighted by Crippen LogP contribution is -1.99. The molecule has 0 fully saturated rings. The van der Waals surface area contributed by atoms with E-state index in [1.165, 1.54) is 0 Å². The largest absolute Gasteiger partial charge is 0.326 e. The average Bonchev–Trinajstić information content (AvgIpc) is 2.82. The van der Waals surface area contributed by atoms with Crippen LogP contribution in [0.5, 0.6) is 0 Å². The van der Waals surface area contributed by atoms with Crippen LogP contribution in [0.15, 0.2) is 42.9 Å². The molecule has 3 aromatic rings.